The maximum Gasteiger partial charge on any atom is 0.223 e. The minimum atomic E-state index is 0.295. The third-order valence-corrected chi connectivity index (χ3v) is 3.73. The number of benzene rings is 1. The molecule has 98 valence electrons. The highest BCUT2D eigenvalue weighted by Gasteiger charge is 2.24. The molecule has 0 aliphatic carbocycles. The number of carbonyl (C=O) groups is 1. The molecule has 1 amide bonds. The summed E-state index contributed by atoms with van der Waals surface area (Å²) in [5.41, 5.74) is 1.17. The summed E-state index contributed by atoms with van der Waals surface area (Å²) in [6.45, 7) is 3.78. The summed E-state index contributed by atoms with van der Waals surface area (Å²) < 4.78 is 5.13. The van der Waals surface area contributed by atoms with Crippen LogP contribution >= 0.6 is 0 Å². The molecule has 0 spiro atoms. The second-order valence-corrected chi connectivity index (χ2v) is 4.93. The molecule has 1 aliphatic rings. The van der Waals surface area contributed by atoms with E-state index in [1.54, 1.807) is 7.11 Å². The van der Waals surface area contributed by atoms with Crippen LogP contribution in [0.4, 0.5) is 0 Å². The van der Waals surface area contributed by atoms with Crippen molar-refractivity contribution >= 4 is 5.91 Å². The smallest absolute Gasteiger partial charge is 0.223 e. The van der Waals surface area contributed by atoms with Gasteiger partial charge in [-0.2, -0.15) is 0 Å². The Morgan fingerprint density at radius 1 is 1.33 bits per heavy atom. The Hall–Kier alpha value is -1.51. The van der Waals surface area contributed by atoms with Gasteiger partial charge < -0.3 is 9.64 Å². The van der Waals surface area contributed by atoms with Crippen molar-refractivity contribution in [1.82, 2.24) is 4.90 Å². The van der Waals surface area contributed by atoms with E-state index in [0.29, 0.717) is 18.2 Å². The number of methoxy groups -OCH3 is 1. The van der Waals surface area contributed by atoms with Crippen molar-refractivity contribution in [3.05, 3.63) is 29.8 Å². The molecule has 1 saturated heterocycles. The Labute approximate surface area is 109 Å². The highest BCUT2D eigenvalue weighted by atomic mass is 16.5. The van der Waals surface area contributed by atoms with E-state index in [2.05, 4.69) is 6.92 Å². The molecule has 2 rings (SSSR count). The molecule has 1 atom stereocenters. The summed E-state index contributed by atoms with van der Waals surface area (Å²) in [6.07, 6.45) is 2.97. The summed E-state index contributed by atoms with van der Waals surface area (Å²) in [7, 11) is 1.66. The van der Waals surface area contributed by atoms with Crippen LogP contribution in [0.5, 0.6) is 5.75 Å². The fraction of sp³-hybridized carbons (Fsp3) is 0.533. The molecule has 0 bridgehead atoms. The number of nitrogens with zero attached hydrogens (tertiary/aromatic N) is 1. The lowest BCUT2D eigenvalue weighted by molar-refractivity contribution is -0.135. The highest BCUT2D eigenvalue weighted by molar-refractivity contribution is 5.77. The van der Waals surface area contributed by atoms with E-state index < -0.39 is 0 Å². The molecule has 0 saturated carbocycles. The number of rotatable bonds is 4. The summed E-state index contributed by atoms with van der Waals surface area (Å²) in [5, 5.41) is 0. The lowest BCUT2D eigenvalue weighted by Gasteiger charge is -2.31. The standard InChI is InChI=1S/C15H21NO2/c1-3-12-8-9-16(15(17)10-12)11-13-4-6-14(18-2)7-5-13/h4-7,12H,3,8-11H2,1-2H3. The van der Waals surface area contributed by atoms with Gasteiger partial charge in [0.1, 0.15) is 5.75 Å². The summed E-state index contributed by atoms with van der Waals surface area (Å²) in [5.74, 6) is 1.74. The molecule has 0 N–H and O–H groups in total. The summed E-state index contributed by atoms with van der Waals surface area (Å²) >= 11 is 0. The first-order valence-electron chi connectivity index (χ1n) is 6.63. The predicted molar refractivity (Wildman–Crippen MR) is 71.4 cm³/mol. The Kier molecular flexibility index (Phi) is 4.24. The molecule has 1 unspecified atom stereocenters. The lowest BCUT2D eigenvalue weighted by Crippen LogP contribution is -2.38. The van der Waals surface area contributed by atoms with Crippen LogP contribution in [0.15, 0.2) is 24.3 Å². The molecular formula is C15H21NO2. The van der Waals surface area contributed by atoms with Crippen molar-refractivity contribution in [3.63, 3.8) is 0 Å². The molecule has 0 aromatic heterocycles. The van der Waals surface area contributed by atoms with Gasteiger partial charge in [0.15, 0.2) is 0 Å². The van der Waals surface area contributed by atoms with Gasteiger partial charge in [-0.1, -0.05) is 25.5 Å². The quantitative estimate of drug-likeness (QED) is 0.818. The van der Waals surface area contributed by atoms with Gasteiger partial charge in [0.2, 0.25) is 5.91 Å². The Morgan fingerprint density at radius 2 is 2.06 bits per heavy atom. The molecule has 1 aromatic rings. The van der Waals surface area contributed by atoms with E-state index >= 15 is 0 Å². The van der Waals surface area contributed by atoms with E-state index in [9.17, 15) is 4.79 Å². The van der Waals surface area contributed by atoms with E-state index in [0.717, 1.165) is 31.7 Å². The van der Waals surface area contributed by atoms with Crippen molar-refractivity contribution in [2.45, 2.75) is 32.7 Å². The summed E-state index contributed by atoms with van der Waals surface area (Å²) in [6, 6.07) is 7.94. The number of carbonyl (C=O) groups excluding carboxylic acids is 1. The van der Waals surface area contributed by atoms with E-state index in [-0.39, 0.29) is 0 Å². The molecule has 1 heterocycles. The molecule has 1 aromatic carbocycles. The zero-order chi connectivity index (χ0) is 13.0. The Balaban J connectivity index is 1.94. The number of hydrogen-bond donors (Lipinski definition) is 0. The molecule has 3 heteroatoms. The zero-order valence-electron chi connectivity index (χ0n) is 11.2. The van der Waals surface area contributed by atoms with Gasteiger partial charge in [-0.05, 0) is 30.0 Å². The predicted octanol–water partition coefficient (Wildman–Crippen LogP) is 2.84. The maximum atomic E-state index is 12.0. The second kappa shape index (κ2) is 5.89. The number of ether oxygens (including phenoxy) is 1. The lowest BCUT2D eigenvalue weighted by atomic mass is 9.93. The number of piperidine rings is 1. The molecule has 3 nitrogen and oxygen atoms in total. The average Bonchev–Trinajstić information content (AvgIpc) is 2.42. The van der Waals surface area contributed by atoms with Gasteiger partial charge in [-0.15, -0.1) is 0 Å². The van der Waals surface area contributed by atoms with Crippen molar-refractivity contribution in [3.8, 4) is 5.75 Å². The third kappa shape index (κ3) is 3.03. The summed E-state index contributed by atoms with van der Waals surface area (Å²) in [4.78, 5) is 14.0. The average molecular weight is 247 g/mol. The number of hydrogen-bond acceptors (Lipinski definition) is 2. The van der Waals surface area contributed by atoms with Gasteiger partial charge in [-0.25, -0.2) is 0 Å². The molecule has 0 radical (unpaired) electrons. The SMILES string of the molecule is CCC1CCN(Cc2ccc(OC)cc2)C(=O)C1. The van der Waals surface area contributed by atoms with Crippen LogP contribution in [0.1, 0.15) is 31.7 Å². The van der Waals surface area contributed by atoms with Gasteiger partial charge in [0.25, 0.3) is 0 Å². The van der Waals surface area contributed by atoms with Gasteiger partial charge in [0, 0.05) is 19.5 Å². The minimum Gasteiger partial charge on any atom is -0.497 e. The maximum absolute atomic E-state index is 12.0. The van der Waals surface area contributed by atoms with Crippen LogP contribution in [0.2, 0.25) is 0 Å². The van der Waals surface area contributed by atoms with Crippen molar-refractivity contribution < 1.29 is 9.53 Å². The number of likely N-dealkylation sites (tertiary alicyclic amines) is 1. The monoisotopic (exact) mass is 247 g/mol. The zero-order valence-corrected chi connectivity index (χ0v) is 11.2. The van der Waals surface area contributed by atoms with Crippen LogP contribution in [-0.4, -0.2) is 24.5 Å². The first-order valence-corrected chi connectivity index (χ1v) is 6.63. The molecule has 18 heavy (non-hydrogen) atoms. The van der Waals surface area contributed by atoms with E-state index in [1.165, 1.54) is 5.56 Å². The van der Waals surface area contributed by atoms with Crippen LogP contribution in [0, 0.1) is 5.92 Å². The molecule has 1 fully saturated rings. The Morgan fingerprint density at radius 3 is 2.61 bits per heavy atom. The first kappa shape index (κ1) is 12.9. The van der Waals surface area contributed by atoms with Gasteiger partial charge in [0.05, 0.1) is 7.11 Å². The van der Waals surface area contributed by atoms with Crippen molar-refractivity contribution in [1.29, 1.82) is 0 Å². The van der Waals surface area contributed by atoms with Crippen molar-refractivity contribution in [2.24, 2.45) is 5.92 Å². The van der Waals surface area contributed by atoms with Crippen LogP contribution in [0.25, 0.3) is 0 Å². The fourth-order valence-electron chi connectivity index (χ4n) is 2.41. The molecular weight excluding hydrogens is 226 g/mol. The Bertz CT molecular complexity index is 399. The fourth-order valence-corrected chi connectivity index (χ4v) is 2.41. The second-order valence-electron chi connectivity index (χ2n) is 4.93. The number of amides is 1. The van der Waals surface area contributed by atoms with Crippen molar-refractivity contribution in [2.75, 3.05) is 13.7 Å². The third-order valence-electron chi connectivity index (χ3n) is 3.73. The minimum absolute atomic E-state index is 0.295. The highest BCUT2D eigenvalue weighted by Crippen LogP contribution is 2.23. The van der Waals surface area contributed by atoms with E-state index in [4.69, 9.17) is 4.74 Å². The molecule has 1 aliphatic heterocycles. The van der Waals surface area contributed by atoms with E-state index in [1.807, 2.05) is 29.2 Å². The van der Waals surface area contributed by atoms with Gasteiger partial charge in [-0.3, -0.25) is 4.79 Å². The first-order chi connectivity index (χ1) is 8.72. The topological polar surface area (TPSA) is 29.5 Å². The van der Waals surface area contributed by atoms with Crippen LogP contribution in [-0.2, 0) is 11.3 Å². The van der Waals surface area contributed by atoms with Crippen LogP contribution < -0.4 is 4.74 Å². The van der Waals surface area contributed by atoms with Gasteiger partial charge >= 0.3 is 0 Å². The van der Waals surface area contributed by atoms with Crippen LogP contribution in [0.3, 0.4) is 0 Å². The normalized spacial score (nSPS) is 20.0. The largest absolute Gasteiger partial charge is 0.497 e.